The van der Waals surface area contributed by atoms with Gasteiger partial charge in [-0.2, -0.15) is 5.26 Å². The number of rotatable bonds is 4. The number of carbonyl (C=O) groups excluding carboxylic acids is 1. The third kappa shape index (κ3) is 3.10. The van der Waals surface area contributed by atoms with E-state index in [1.807, 2.05) is 0 Å². The minimum absolute atomic E-state index is 0.0631. The van der Waals surface area contributed by atoms with E-state index in [4.69, 9.17) is 5.26 Å². The molecule has 2 aromatic rings. The Kier molecular flexibility index (Phi) is 4.60. The minimum atomic E-state index is -0.816. The average Bonchev–Trinajstić information content (AvgIpc) is 3.08. The number of anilines is 1. The average molecular weight is 369 g/mol. The summed E-state index contributed by atoms with van der Waals surface area (Å²) in [5.74, 6) is -0.500. The van der Waals surface area contributed by atoms with Gasteiger partial charge in [0.1, 0.15) is 18.2 Å². The predicted octanol–water partition coefficient (Wildman–Crippen LogP) is 0.399. The molecule has 10 nitrogen and oxygen atoms in total. The molecular weight excluding hydrogens is 354 g/mol. The third-order valence-electron chi connectivity index (χ3n) is 4.46. The number of nitriles is 1. The fourth-order valence-electron chi connectivity index (χ4n) is 3.08. The second-order valence-corrected chi connectivity index (χ2v) is 5.98. The molecule has 1 aromatic heterocycles. The molecule has 3 rings (SSSR count). The molecule has 0 bridgehead atoms. The lowest BCUT2D eigenvalue weighted by Gasteiger charge is -2.18. The predicted molar refractivity (Wildman–Crippen MR) is 94.5 cm³/mol. The molecule has 0 saturated carbocycles. The van der Waals surface area contributed by atoms with E-state index in [1.54, 1.807) is 13.0 Å². The lowest BCUT2D eigenvalue weighted by molar-refractivity contribution is -0.384. The number of nitro benzene ring substituents is 1. The summed E-state index contributed by atoms with van der Waals surface area (Å²) in [6.45, 7) is 1.72. The van der Waals surface area contributed by atoms with Gasteiger partial charge in [0.2, 0.25) is 5.91 Å². The van der Waals surface area contributed by atoms with E-state index in [9.17, 15) is 24.5 Å². The van der Waals surface area contributed by atoms with Gasteiger partial charge in [0.05, 0.1) is 4.92 Å². The van der Waals surface area contributed by atoms with Crippen molar-refractivity contribution in [1.29, 1.82) is 5.26 Å². The molecule has 0 aliphatic carbocycles. The maximum absolute atomic E-state index is 12.7. The van der Waals surface area contributed by atoms with Crippen molar-refractivity contribution in [3.05, 3.63) is 66.5 Å². The molecule has 1 aromatic carbocycles. The zero-order chi connectivity index (χ0) is 19.7. The zero-order valence-corrected chi connectivity index (χ0v) is 14.4. The van der Waals surface area contributed by atoms with Crippen molar-refractivity contribution in [3.63, 3.8) is 0 Å². The summed E-state index contributed by atoms with van der Waals surface area (Å²) in [4.78, 5) is 49.1. The molecular formula is C17H15N5O5. The van der Waals surface area contributed by atoms with Crippen LogP contribution in [0.1, 0.15) is 18.1 Å². The first-order valence-electron chi connectivity index (χ1n) is 8.19. The minimum Gasteiger partial charge on any atom is -0.310 e. The first-order valence-corrected chi connectivity index (χ1v) is 8.19. The molecule has 0 N–H and O–H groups in total. The first kappa shape index (κ1) is 18.1. The van der Waals surface area contributed by atoms with Gasteiger partial charge >= 0.3 is 5.69 Å². The molecule has 0 radical (unpaired) electrons. The van der Waals surface area contributed by atoms with Crippen LogP contribution < -0.4 is 16.1 Å². The number of aromatic nitrogens is 2. The van der Waals surface area contributed by atoms with Crippen LogP contribution in [0.4, 0.5) is 11.4 Å². The summed E-state index contributed by atoms with van der Waals surface area (Å²) in [5.41, 5.74) is -0.595. The number of hydrogen-bond donors (Lipinski definition) is 0. The number of nitrogens with zero attached hydrogens (tertiary/aromatic N) is 5. The van der Waals surface area contributed by atoms with Gasteiger partial charge in [0.15, 0.2) is 0 Å². The molecule has 0 unspecified atom stereocenters. The number of carbonyl (C=O) groups is 1. The van der Waals surface area contributed by atoms with Crippen molar-refractivity contribution < 1.29 is 9.72 Å². The molecule has 0 spiro atoms. The van der Waals surface area contributed by atoms with Crippen LogP contribution in [0.5, 0.6) is 0 Å². The Hall–Kier alpha value is -3.74. The van der Waals surface area contributed by atoms with Crippen molar-refractivity contribution in [2.24, 2.45) is 0 Å². The fourth-order valence-corrected chi connectivity index (χ4v) is 3.08. The van der Waals surface area contributed by atoms with Gasteiger partial charge < -0.3 is 4.90 Å². The fraction of sp³-hybridized carbons (Fsp3) is 0.294. The second-order valence-electron chi connectivity index (χ2n) is 5.98. The lowest BCUT2D eigenvalue weighted by Crippen LogP contribution is -2.45. The monoisotopic (exact) mass is 369 g/mol. The molecule has 1 aliphatic rings. The van der Waals surface area contributed by atoms with E-state index in [1.165, 1.54) is 33.9 Å². The molecule has 138 valence electrons. The Balaban J connectivity index is 1.95. The smallest absolute Gasteiger partial charge is 0.310 e. The van der Waals surface area contributed by atoms with Crippen LogP contribution >= 0.6 is 0 Å². The highest BCUT2D eigenvalue weighted by molar-refractivity contribution is 5.95. The summed E-state index contributed by atoms with van der Waals surface area (Å²) in [6.07, 6.45) is 1.62. The molecule has 1 aliphatic heterocycles. The lowest BCUT2D eigenvalue weighted by atomic mass is 10.1. The zero-order valence-electron chi connectivity index (χ0n) is 14.4. The van der Waals surface area contributed by atoms with Crippen LogP contribution in [0, 0.1) is 21.4 Å². The Morgan fingerprint density at radius 1 is 1.37 bits per heavy atom. The largest absolute Gasteiger partial charge is 0.331 e. The van der Waals surface area contributed by atoms with E-state index in [-0.39, 0.29) is 17.8 Å². The van der Waals surface area contributed by atoms with Crippen LogP contribution in [-0.4, -0.2) is 26.5 Å². The Morgan fingerprint density at radius 2 is 2.11 bits per heavy atom. The number of hydrogen-bond acceptors (Lipinski definition) is 6. The maximum atomic E-state index is 12.7. The Bertz CT molecular complexity index is 1110. The van der Waals surface area contributed by atoms with E-state index >= 15 is 0 Å². The standard InChI is InChI=1S/C17H15N5O5/c1-2-19-9-12(8-18)16(24)21(17(19)25)10-15(23)20-6-5-11-7-13(22(26)27)3-4-14(11)20/h3-4,7,9H,2,5-6,10H2,1H3. The highest BCUT2D eigenvalue weighted by atomic mass is 16.6. The first-order chi connectivity index (χ1) is 12.9. The van der Waals surface area contributed by atoms with Crippen LogP contribution in [0.3, 0.4) is 0 Å². The van der Waals surface area contributed by atoms with E-state index < -0.39 is 28.6 Å². The van der Waals surface area contributed by atoms with Gasteiger partial charge in [-0.3, -0.25) is 24.3 Å². The van der Waals surface area contributed by atoms with Crippen molar-refractivity contribution in [2.45, 2.75) is 26.4 Å². The van der Waals surface area contributed by atoms with Crippen molar-refractivity contribution in [1.82, 2.24) is 9.13 Å². The van der Waals surface area contributed by atoms with Crippen molar-refractivity contribution in [3.8, 4) is 6.07 Å². The van der Waals surface area contributed by atoms with E-state index in [0.717, 1.165) is 4.57 Å². The van der Waals surface area contributed by atoms with Crippen LogP contribution in [0.15, 0.2) is 34.0 Å². The molecule has 0 fully saturated rings. The molecule has 10 heteroatoms. The Labute approximate surface area is 152 Å². The third-order valence-corrected chi connectivity index (χ3v) is 4.46. The number of aryl methyl sites for hydroxylation is 1. The topological polar surface area (TPSA) is 131 Å². The molecule has 0 saturated heterocycles. The molecule has 0 atom stereocenters. The highest BCUT2D eigenvalue weighted by Gasteiger charge is 2.27. The van der Waals surface area contributed by atoms with Gasteiger partial charge in [-0.1, -0.05) is 0 Å². The van der Waals surface area contributed by atoms with Gasteiger partial charge in [-0.05, 0) is 25.0 Å². The number of amides is 1. The van der Waals surface area contributed by atoms with Crippen molar-refractivity contribution >= 4 is 17.3 Å². The van der Waals surface area contributed by atoms with Gasteiger partial charge in [0, 0.05) is 37.1 Å². The molecule has 27 heavy (non-hydrogen) atoms. The summed E-state index contributed by atoms with van der Waals surface area (Å²) >= 11 is 0. The summed E-state index contributed by atoms with van der Waals surface area (Å²) in [7, 11) is 0. The van der Waals surface area contributed by atoms with E-state index in [2.05, 4.69) is 0 Å². The molecule has 2 heterocycles. The second kappa shape index (κ2) is 6.87. The van der Waals surface area contributed by atoms with Crippen LogP contribution in [0.2, 0.25) is 0 Å². The number of non-ortho nitro benzene ring substituents is 1. The Morgan fingerprint density at radius 3 is 2.74 bits per heavy atom. The van der Waals surface area contributed by atoms with Gasteiger partial charge in [0.25, 0.3) is 11.2 Å². The number of fused-ring (bicyclic) bond motifs is 1. The number of benzene rings is 1. The van der Waals surface area contributed by atoms with Crippen LogP contribution in [0.25, 0.3) is 0 Å². The van der Waals surface area contributed by atoms with Crippen molar-refractivity contribution in [2.75, 3.05) is 11.4 Å². The van der Waals surface area contributed by atoms with Gasteiger partial charge in [-0.15, -0.1) is 0 Å². The normalized spacial score (nSPS) is 12.5. The quantitative estimate of drug-likeness (QED) is 0.566. The summed E-state index contributed by atoms with van der Waals surface area (Å²) in [5, 5.41) is 19.9. The summed E-state index contributed by atoms with van der Waals surface area (Å²) in [6, 6.07) is 5.93. The number of nitro groups is 1. The highest BCUT2D eigenvalue weighted by Crippen LogP contribution is 2.31. The maximum Gasteiger partial charge on any atom is 0.331 e. The SMILES string of the molecule is CCn1cc(C#N)c(=O)n(CC(=O)N2CCc3cc([N+](=O)[O-])ccc32)c1=O. The summed E-state index contributed by atoms with van der Waals surface area (Å²) < 4.78 is 1.93. The molecule has 1 amide bonds. The van der Waals surface area contributed by atoms with E-state index in [0.29, 0.717) is 24.2 Å². The van der Waals surface area contributed by atoms with Gasteiger partial charge in [-0.25, -0.2) is 9.36 Å². The van der Waals surface area contributed by atoms with Crippen LogP contribution in [-0.2, 0) is 24.3 Å².